The highest BCUT2D eigenvalue weighted by Gasteiger charge is 2.16. The van der Waals surface area contributed by atoms with E-state index in [4.69, 9.17) is 10.5 Å². The lowest BCUT2D eigenvalue weighted by molar-refractivity contribution is 0.0600. The van der Waals surface area contributed by atoms with Crippen molar-refractivity contribution in [2.45, 2.75) is 19.4 Å². The van der Waals surface area contributed by atoms with Crippen LogP contribution in [-0.2, 0) is 4.74 Å². The van der Waals surface area contributed by atoms with Crippen LogP contribution in [-0.4, -0.2) is 46.0 Å². The van der Waals surface area contributed by atoms with Crippen LogP contribution >= 0.6 is 0 Å². The largest absolute Gasteiger partial charge is 0.465 e. The number of hydrogen-bond donors (Lipinski definition) is 3. The Balaban J connectivity index is 1.88. The molecule has 2 heterocycles. The topological polar surface area (TPSA) is 123 Å². The summed E-state index contributed by atoms with van der Waals surface area (Å²) in [4.78, 5) is 35.6. The Kier molecular flexibility index (Phi) is 4.91. The van der Waals surface area contributed by atoms with Crippen LogP contribution in [0.3, 0.4) is 0 Å². The molecule has 0 saturated heterocycles. The number of hydrogen-bond acceptors (Lipinski definition) is 6. The molecule has 0 fully saturated rings. The number of ether oxygens (including phenoxy) is 1. The van der Waals surface area contributed by atoms with Crippen molar-refractivity contribution in [2.24, 2.45) is 5.73 Å². The molecule has 3 rings (SSSR count). The summed E-state index contributed by atoms with van der Waals surface area (Å²) in [5, 5.41) is 3.57. The third-order valence-electron chi connectivity index (χ3n) is 3.89. The standard InChI is InChI=1S/C19H21N5O3/c1-19(2,20)10-22-17(25)16-9-21-8-15(24-16)14-7-12-6-11(18(26)27-3)4-5-13(12)23-14/h4-9,23H,10,20H2,1-3H3,(H,22,25). The predicted molar refractivity (Wildman–Crippen MR) is 101 cm³/mol. The number of carbonyl (C=O) groups is 2. The Morgan fingerprint density at radius 1 is 1.26 bits per heavy atom. The minimum Gasteiger partial charge on any atom is -0.465 e. The number of rotatable bonds is 5. The number of aromatic nitrogens is 3. The van der Waals surface area contributed by atoms with Crippen molar-refractivity contribution in [3.05, 3.63) is 47.9 Å². The Hall–Kier alpha value is -3.26. The summed E-state index contributed by atoms with van der Waals surface area (Å²) in [5.41, 5.74) is 8.06. The molecule has 4 N–H and O–H groups in total. The van der Waals surface area contributed by atoms with Crippen LogP contribution in [0.4, 0.5) is 0 Å². The van der Waals surface area contributed by atoms with Gasteiger partial charge in [-0.2, -0.15) is 0 Å². The number of esters is 1. The van der Waals surface area contributed by atoms with E-state index in [9.17, 15) is 9.59 Å². The molecule has 1 aromatic carbocycles. The highest BCUT2D eigenvalue weighted by molar-refractivity contribution is 5.96. The van der Waals surface area contributed by atoms with Crippen molar-refractivity contribution in [1.82, 2.24) is 20.3 Å². The molecular formula is C19H21N5O3. The molecule has 0 spiro atoms. The van der Waals surface area contributed by atoms with Gasteiger partial charge in [-0.15, -0.1) is 0 Å². The SMILES string of the molecule is COC(=O)c1ccc2[nH]c(-c3cncc(C(=O)NCC(C)(C)N)n3)cc2c1. The third kappa shape index (κ3) is 4.29. The maximum absolute atomic E-state index is 12.3. The Labute approximate surface area is 156 Å². The molecule has 0 unspecified atom stereocenters. The van der Waals surface area contributed by atoms with Gasteiger partial charge in [0, 0.05) is 23.0 Å². The Bertz CT molecular complexity index is 1000. The van der Waals surface area contributed by atoms with Crippen LogP contribution in [0.5, 0.6) is 0 Å². The maximum atomic E-state index is 12.3. The zero-order chi connectivity index (χ0) is 19.6. The van der Waals surface area contributed by atoms with E-state index in [0.29, 0.717) is 23.5 Å². The van der Waals surface area contributed by atoms with Gasteiger partial charge in [-0.3, -0.25) is 9.78 Å². The van der Waals surface area contributed by atoms with Crippen molar-refractivity contribution in [2.75, 3.05) is 13.7 Å². The fraction of sp³-hybridized carbons (Fsp3) is 0.263. The minimum absolute atomic E-state index is 0.200. The van der Waals surface area contributed by atoms with Crippen LogP contribution in [0.1, 0.15) is 34.7 Å². The van der Waals surface area contributed by atoms with Crippen LogP contribution in [0.25, 0.3) is 22.3 Å². The molecule has 8 nitrogen and oxygen atoms in total. The van der Waals surface area contributed by atoms with E-state index in [-0.39, 0.29) is 11.6 Å². The second-order valence-electron chi connectivity index (χ2n) is 6.94. The van der Waals surface area contributed by atoms with E-state index in [1.807, 2.05) is 19.9 Å². The molecule has 0 atom stereocenters. The van der Waals surface area contributed by atoms with Gasteiger partial charge in [0.1, 0.15) is 11.4 Å². The van der Waals surface area contributed by atoms with Crippen molar-refractivity contribution in [3.63, 3.8) is 0 Å². The summed E-state index contributed by atoms with van der Waals surface area (Å²) >= 11 is 0. The molecule has 0 bridgehead atoms. The zero-order valence-corrected chi connectivity index (χ0v) is 15.4. The summed E-state index contributed by atoms with van der Waals surface area (Å²) in [5.74, 6) is -0.743. The molecule has 8 heteroatoms. The highest BCUT2D eigenvalue weighted by atomic mass is 16.5. The smallest absolute Gasteiger partial charge is 0.337 e. The first-order valence-corrected chi connectivity index (χ1v) is 8.37. The fourth-order valence-corrected chi connectivity index (χ4v) is 2.52. The zero-order valence-electron chi connectivity index (χ0n) is 15.4. The Morgan fingerprint density at radius 2 is 2.04 bits per heavy atom. The van der Waals surface area contributed by atoms with Gasteiger partial charge >= 0.3 is 5.97 Å². The van der Waals surface area contributed by atoms with E-state index in [1.165, 1.54) is 13.3 Å². The third-order valence-corrected chi connectivity index (χ3v) is 3.89. The van der Waals surface area contributed by atoms with Gasteiger partial charge in [0.15, 0.2) is 0 Å². The monoisotopic (exact) mass is 367 g/mol. The van der Waals surface area contributed by atoms with Crippen LogP contribution in [0.15, 0.2) is 36.7 Å². The summed E-state index contributed by atoms with van der Waals surface area (Å²) in [6, 6.07) is 7.04. The lowest BCUT2D eigenvalue weighted by atomic mass is 10.1. The first-order chi connectivity index (χ1) is 12.8. The van der Waals surface area contributed by atoms with Gasteiger partial charge in [-0.25, -0.2) is 9.78 Å². The lowest BCUT2D eigenvalue weighted by Gasteiger charge is -2.18. The van der Waals surface area contributed by atoms with Gasteiger partial charge in [-0.05, 0) is 38.1 Å². The molecule has 27 heavy (non-hydrogen) atoms. The second kappa shape index (κ2) is 7.16. The molecule has 0 saturated carbocycles. The predicted octanol–water partition coefficient (Wildman–Crippen LogP) is 1.88. The molecule has 0 aliphatic rings. The molecule has 0 aliphatic carbocycles. The van der Waals surface area contributed by atoms with Gasteiger partial charge < -0.3 is 20.8 Å². The highest BCUT2D eigenvalue weighted by Crippen LogP contribution is 2.23. The van der Waals surface area contributed by atoms with Crippen LogP contribution in [0, 0.1) is 0 Å². The summed E-state index contributed by atoms with van der Waals surface area (Å²) < 4.78 is 4.74. The van der Waals surface area contributed by atoms with Crippen LogP contribution < -0.4 is 11.1 Å². The van der Waals surface area contributed by atoms with Gasteiger partial charge in [-0.1, -0.05) is 0 Å². The first-order valence-electron chi connectivity index (χ1n) is 8.37. The van der Waals surface area contributed by atoms with Crippen LogP contribution in [0.2, 0.25) is 0 Å². The van der Waals surface area contributed by atoms with E-state index < -0.39 is 11.5 Å². The molecule has 2 aromatic heterocycles. The van der Waals surface area contributed by atoms with Gasteiger partial charge in [0.05, 0.1) is 30.8 Å². The van der Waals surface area contributed by atoms with E-state index in [2.05, 4.69) is 20.3 Å². The van der Waals surface area contributed by atoms with E-state index >= 15 is 0 Å². The van der Waals surface area contributed by atoms with Crippen molar-refractivity contribution >= 4 is 22.8 Å². The summed E-state index contributed by atoms with van der Waals surface area (Å²) in [6.45, 7) is 3.96. The van der Waals surface area contributed by atoms with E-state index in [1.54, 1.807) is 24.4 Å². The minimum atomic E-state index is -0.519. The number of benzene rings is 1. The summed E-state index contributed by atoms with van der Waals surface area (Å²) in [6.07, 6.45) is 2.97. The molecule has 3 aromatic rings. The number of nitrogens with two attached hydrogens (primary N) is 1. The average Bonchev–Trinajstić information content (AvgIpc) is 3.08. The Morgan fingerprint density at radius 3 is 2.74 bits per heavy atom. The average molecular weight is 367 g/mol. The number of fused-ring (bicyclic) bond motifs is 1. The van der Waals surface area contributed by atoms with Gasteiger partial charge in [0.25, 0.3) is 5.91 Å². The summed E-state index contributed by atoms with van der Waals surface area (Å²) in [7, 11) is 1.34. The number of methoxy groups -OCH3 is 1. The molecular weight excluding hydrogens is 346 g/mol. The van der Waals surface area contributed by atoms with Crippen molar-refractivity contribution < 1.29 is 14.3 Å². The fourth-order valence-electron chi connectivity index (χ4n) is 2.52. The maximum Gasteiger partial charge on any atom is 0.337 e. The normalized spacial score (nSPS) is 11.4. The number of H-pyrrole nitrogens is 1. The van der Waals surface area contributed by atoms with Crippen molar-refractivity contribution in [3.8, 4) is 11.4 Å². The number of nitrogens with zero attached hydrogens (tertiary/aromatic N) is 2. The molecule has 0 radical (unpaired) electrons. The number of carbonyl (C=O) groups excluding carboxylic acids is 2. The molecule has 0 aliphatic heterocycles. The van der Waals surface area contributed by atoms with Crippen molar-refractivity contribution in [1.29, 1.82) is 0 Å². The van der Waals surface area contributed by atoms with Gasteiger partial charge in [0.2, 0.25) is 0 Å². The first kappa shape index (κ1) is 18.5. The number of nitrogens with one attached hydrogen (secondary N) is 2. The lowest BCUT2D eigenvalue weighted by Crippen LogP contribution is -2.45. The van der Waals surface area contributed by atoms with E-state index in [0.717, 1.165) is 10.9 Å². The second-order valence-corrected chi connectivity index (χ2v) is 6.94. The molecule has 140 valence electrons. The number of amides is 1. The molecule has 1 amide bonds. The quantitative estimate of drug-likeness (QED) is 0.592. The number of aromatic amines is 1.